The molecule has 0 atom stereocenters. The van der Waals surface area contributed by atoms with Crippen molar-refractivity contribution < 1.29 is 5.11 Å². The number of nitrogens with one attached hydrogen (secondary N) is 1. The molecule has 1 aromatic carbocycles. The summed E-state index contributed by atoms with van der Waals surface area (Å²) < 4.78 is 0. The first-order valence-electron chi connectivity index (χ1n) is 7.22. The lowest BCUT2D eigenvalue weighted by Gasteiger charge is -2.12. The third kappa shape index (κ3) is 3.36. The minimum Gasteiger partial charge on any atom is -0.396 e. The number of aliphatic hydroxyl groups excluding tert-OH is 1. The Labute approximate surface area is 120 Å². The maximum absolute atomic E-state index is 9.12. The summed E-state index contributed by atoms with van der Waals surface area (Å²) in [4.78, 5) is 7.92. The van der Waals surface area contributed by atoms with Crippen LogP contribution in [-0.4, -0.2) is 16.7 Å². The number of aromatic nitrogens is 1. The van der Waals surface area contributed by atoms with E-state index in [1.165, 1.54) is 16.7 Å². The Morgan fingerprint density at radius 1 is 1.10 bits per heavy atom. The zero-order valence-corrected chi connectivity index (χ0v) is 12.2. The minimum absolute atomic E-state index is 0.190. The van der Waals surface area contributed by atoms with E-state index in [2.05, 4.69) is 31.0 Å². The Hall–Kier alpha value is -1.87. The van der Waals surface area contributed by atoms with Crippen LogP contribution in [0.25, 0.3) is 0 Å². The molecule has 0 unspecified atom stereocenters. The fraction of sp³-hybridized carbons (Fsp3) is 0.353. The van der Waals surface area contributed by atoms with Crippen LogP contribution in [-0.2, 0) is 19.3 Å². The van der Waals surface area contributed by atoms with Crippen molar-refractivity contribution in [1.29, 1.82) is 0 Å². The molecule has 0 radical (unpaired) electrons. The number of hydrogen-bond donors (Lipinski definition) is 2. The van der Waals surface area contributed by atoms with E-state index in [-0.39, 0.29) is 6.61 Å². The van der Waals surface area contributed by atoms with Gasteiger partial charge in [-0.2, -0.15) is 0 Å². The molecule has 0 fully saturated rings. The average molecular weight is 270 g/mol. The summed E-state index contributed by atoms with van der Waals surface area (Å²) in [5.41, 5.74) is 5.61. The van der Waals surface area contributed by atoms with E-state index in [0.29, 0.717) is 6.42 Å². The third-order valence-corrected chi connectivity index (χ3v) is 3.41. The van der Waals surface area contributed by atoms with Gasteiger partial charge in [-0.1, -0.05) is 32.0 Å². The lowest BCUT2D eigenvalue weighted by molar-refractivity contribution is 0.299. The van der Waals surface area contributed by atoms with Crippen LogP contribution in [0.2, 0.25) is 0 Å². The molecule has 3 nitrogen and oxygen atoms in total. The van der Waals surface area contributed by atoms with Crippen molar-refractivity contribution in [3.8, 4) is 0 Å². The van der Waals surface area contributed by atoms with Crippen LogP contribution in [0.4, 0.5) is 5.69 Å². The summed E-state index contributed by atoms with van der Waals surface area (Å²) in [6, 6.07) is 10.2. The topological polar surface area (TPSA) is 48.4 Å². The van der Waals surface area contributed by atoms with Crippen LogP contribution >= 0.6 is 0 Å². The largest absolute Gasteiger partial charge is 0.396 e. The van der Waals surface area contributed by atoms with Crippen LogP contribution in [0.1, 0.15) is 30.5 Å². The fourth-order valence-corrected chi connectivity index (χ4v) is 2.36. The number of benzene rings is 1. The SMILES string of the molecule is CCc1cc(CCO)cc(CC)c1N=c1cccc[nH]1. The second-order valence-corrected chi connectivity index (χ2v) is 4.80. The molecule has 1 aromatic heterocycles. The number of hydrogen-bond acceptors (Lipinski definition) is 2. The molecule has 0 aliphatic carbocycles. The predicted octanol–water partition coefficient (Wildman–Crippen LogP) is 2.91. The first-order valence-corrected chi connectivity index (χ1v) is 7.22. The maximum atomic E-state index is 9.12. The van der Waals surface area contributed by atoms with E-state index < -0.39 is 0 Å². The first-order chi connectivity index (χ1) is 9.78. The number of pyridine rings is 1. The van der Waals surface area contributed by atoms with Gasteiger partial charge in [0.05, 0.1) is 5.69 Å². The normalized spacial score (nSPS) is 11.8. The van der Waals surface area contributed by atoms with E-state index >= 15 is 0 Å². The van der Waals surface area contributed by atoms with E-state index in [0.717, 1.165) is 24.0 Å². The standard InChI is InChI=1S/C17H22N2O/c1-3-14-11-13(8-10-20)12-15(4-2)17(14)19-16-7-5-6-9-18-16/h5-7,9,11-12,20H,3-4,8,10H2,1-2H3,(H,18,19). The van der Waals surface area contributed by atoms with Crippen molar-refractivity contribution in [3.05, 3.63) is 58.7 Å². The van der Waals surface area contributed by atoms with Crippen LogP contribution in [0.5, 0.6) is 0 Å². The molecule has 3 heteroatoms. The van der Waals surface area contributed by atoms with Gasteiger partial charge < -0.3 is 10.1 Å². The van der Waals surface area contributed by atoms with Crippen molar-refractivity contribution >= 4 is 5.69 Å². The molecule has 0 bridgehead atoms. The Morgan fingerprint density at radius 2 is 1.80 bits per heavy atom. The van der Waals surface area contributed by atoms with Gasteiger partial charge in [-0.25, -0.2) is 4.99 Å². The summed E-state index contributed by atoms with van der Waals surface area (Å²) in [7, 11) is 0. The molecule has 0 aliphatic rings. The monoisotopic (exact) mass is 270 g/mol. The highest BCUT2D eigenvalue weighted by atomic mass is 16.2. The number of H-pyrrole nitrogens is 1. The second kappa shape index (κ2) is 7.06. The van der Waals surface area contributed by atoms with Crippen LogP contribution in [0.3, 0.4) is 0 Å². The van der Waals surface area contributed by atoms with Crippen molar-refractivity contribution in [1.82, 2.24) is 4.98 Å². The molecule has 0 saturated heterocycles. The van der Waals surface area contributed by atoms with Crippen molar-refractivity contribution in [2.24, 2.45) is 4.99 Å². The number of aryl methyl sites for hydroxylation is 2. The van der Waals surface area contributed by atoms with Gasteiger partial charge in [0.2, 0.25) is 0 Å². The van der Waals surface area contributed by atoms with Gasteiger partial charge in [-0.05, 0) is 48.1 Å². The summed E-state index contributed by atoms with van der Waals surface area (Å²) in [5.74, 6) is 0. The number of nitrogens with zero attached hydrogens (tertiary/aromatic N) is 1. The van der Waals surface area contributed by atoms with E-state index in [4.69, 9.17) is 10.1 Å². The molecular formula is C17H22N2O. The van der Waals surface area contributed by atoms with Gasteiger partial charge in [0, 0.05) is 12.8 Å². The number of aliphatic hydroxyl groups is 1. The highest BCUT2D eigenvalue weighted by Gasteiger charge is 2.08. The van der Waals surface area contributed by atoms with E-state index in [9.17, 15) is 0 Å². The molecule has 0 spiro atoms. The molecule has 2 rings (SSSR count). The van der Waals surface area contributed by atoms with Crippen LogP contribution in [0.15, 0.2) is 41.5 Å². The van der Waals surface area contributed by atoms with Crippen molar-refractivity contribution in [3.63, 3.8) is 0 Å². The highest BCUT2D eigenvalue weighted by Crippen LogP contribution is 2.27. The lowest BCUT2D eigenvalue weighted by Crippen LogP contribution is -2.05. The average Bonchev–Trinajstić information content (AvgIpc) is 2.49. The molecule has 1 heterocycles. The zero-order chi connectivity index (χ0) is 14.4. The van der Waals surface area contributed by atoms with Crippen LogP contribution < -0.4 is 5.49 Å². The molecule has 20 heavy (non-hydrogen) atoms. The van der Waals surface area contributed by atoms with Crippen molar-refractivity contribution in [2.75, 3.05) is 6.61 Å². The predicted molar refractivity (Wildman–Crippen MR) is 82.0 cm³/mol. The molecule has 0 aliphatic heterocycles. The number of aromatic amines is 1. The fourth-order valence-electron chi connectivity index (χ4n) is 2.36. The van der Waals surface area contributed by atoms with Gasteiger partial charge in [0.15, 0.2) is 0 Å². The van der Waals surface area contributed by atoms with Gasteiger partial charge in [0.1, 0.15) is 5.49 Å². The van der Waals surface area contributed by atoms with Gasteiger partial charge in [0.25, 0.3) is 0 Å². The Kier molecular flexibility index (Phi) is 5.13. The smallest absolute Gasteiger partial charge is 0.130 e. The summed E-state index contributed by atoms with van der Waals surface area (Å²) in [6.07, 6.45) is 4.48. The number of rotatable bonds is 5. The Morgan fingerprint density at radius 3 is 2.30 bits per heavy atom. The van der Waals surface area contributed by atoms with E-state index in [1.54, 1.807) is 0 Å². The Balaban J connectivity index is 2.56. The molecule has 0 saturated carbocycles. The maximum Gasteiger partial charge on any atom is 0.130 e. The van der Waals surface area contributed by atoms with Crippen LogP contribution in [0, 0.1) is 0 Å². The molecular weight excluding hydrogens is 248 g/mol. The second-order valence-electron chi connectivity index (χ2n) is 4.80. The minimum atomic E-state index is 0.190. The summed E-state index contributed by atoms with van der Waals surface area (Å²) >= 11 is 0. The Bertz CT molecular complexity index is 586. The molecule has 106 valence electrons. The third-order valence-electron chi connectivity index (χ3n) is 3.41. The summed E-state index contributed by atoms with van der Waals surface area (Å²) in [5, 5.41) is 9.12. The molecule has 0 amide bonds. The quantitative estimate of drug-likeness (QED) is 0.862. The first kappa shape index (κ1) is 14.5. The highest BCUT2D eigenvalue weighted by molar-refractivity contribution is 5.55. The van der Waals surface area contributed by atoms with E-state index in [1.807, 2.05) is 24.4 Å². The lowest BCUT2D eigenvalue weighted by atomic mass is 9.98. The zero-order valence-electron chi connectivity index (χ0n) is 12.2. The van der Waals surface area contributed by atoms with Crippen molar-refractivity contribution in [2.45, 2.75) is 33.1 Å². The molecule has 2 N–H and O–H groups in total. The van der Waals surface area contributed by atoms with Gasteiger partial charge in [-0.3, -0.25) is 0 Å². The van der Waals surface area contributed by atoms with Gasteiger partial charge in [-0.15, -0.1) is 0 Å². The summed E-state index contributed by atoms with van der Waals surface area (Å²) in [6.45, 7) is 4.48. The molecule has 2 aromatic rings. The van der Waals surface area contributed by atoms with Gasteiger partial charge >= 0.3 is 0 Å².